The Labute approximate surface area is 209 Å². The first kappa shape index (κ1) is 32.2. The molecule has 0 aromatic rings. The number of hydrogen-bond donors (Lipinski definition) is 3. The number of aliphatic hydroxyl groups is 2. The van der Waals surface area contributed by atoms with Gasteiger partial charge in [0.15, 0.2) is 12.2 Å². The van der Waals surface area contributed by atoms with Gasteiger partial charge in [0.05, 0.1) is 0 Å². The third kappa shape index (κ3) is 12.5. The van der Waals surface area contributed by atoms with Crippen molar-refractivity contribution in [3.63, 3.8) is 0 Å². The summed E-state index contributed by atoms with van der Waals surface area (Å²) in [4.78, 5) is 33.7. The Hall–Kier alpha value is -2.77. The molecule has 0 radical (unpaired) electrons. The quantitative estimate of drug-likeness (QED) is 0.176. The van der Waals surface area contributed by atoms with Crippen LogP contribution in [0.5, 0.6) is 0 Å². The van der Waals surface area contributed by atoms with Gasteiger partial charge in [-0.1, -0.05) is 82.1 Å². The molecule has 2 atom stereocenters. The van der Waals surface area contributed by atoms with Gasteiger partial charge in [0.25, 0.3) is 0 Å². The molecular formula is C28H42O7. The van der Waals surface area contributed by atoms with E-state index >= 15 is 0 Å². The Kier molecular flexibility index (Phi) is 14.7. The third-order valence-electron chi connectivity index (χ3n) is 5.61. The number of esters is 2. The summed E-state index contributed by atoms with van der Waals surface area (Å²) in [6, 6.07) is 0. The van der Waals surface area contributed by atoms with Gasteiger partial charge < -0.3 is 20.1 Å². The summed E-state index contributed by atoms with van der Waals surface area (Å²) < 4.78 is 4.32. The maximum Gasteiger partial charge on any atom is 0.346 e. The van der Waals surface area contributed by atoms with Crippen LogP contribution in [0.1, 0.15) is 80.6 Å². The molecule has 0 amide bonds. The van der Waals surface area contributed by atoms with E-state index < -0.39 is 30.1 Å². The highest BCUT2D eigenvalue weighted by Gasteiger charge is 2.32. The lowest BCUT2D eigenvalue weighted by Crippen LogP contribution is -2.41. The molecular weight excluding hydrogens is 448 g/mol. The van der Waals surface area contributed by atoms with Crippen LogP contribution < -0.4 is 0 Å². The lowest BCUT2D eigenvalue weighted by Gasteiger charge is -2.32. The highest BCUT2D eigenvalue weighted by molar-refractivity contribution is 5.95. The predicted octanol–water partition coefficient (Wildman–Crippen LogP) is 5.20. The second-order valence-electron chi connectivity index (χ2n) is 9.39. The van der Waals surface area contributed by atoms with Gasteiger partial charge in [0.2, 0.25) is 0 Å². The number of carbonyl (C=O) groups is 3. The summed E-state index contributed by atoms with van der Waals surface area (Å²) in [5.74, 6) is -4.42. The molecule has 7 heteroatoms. The van der Waals surface area contributed by atoms with E-state index in [1.807, 2.05) is 13.0 Å². The fraction of sp³-hybridized carbons (Fsp3) is 0.536. The van der Waals surface area contributed by atoms with E-state index in [9.17, 15) is 19.5 Å². The number of carboxylic acids is 1. The molecule has 0 spiro atoms. The minimum atomic E-state index is -2.37. The third-order valence-corrected chi connectivity index (χ3v) is 5.61. The van der Waals surface area contributed by atoms with Gasteiger partial charge in [-0.2, -0.15) is 0 Å². The lowest BCUT2D eigenvalue weighted by molar-refractivity contribution is -0.173. The van der Waals surface area contributed by atoms with Crippen LogP contribution in [0, 0.1) is 5.41 Å². The minimum Gasteiger partial charge on any atom is -0.479 e. The molecule has 0 aromatic carbocycles. The Morgan fingerprint density at radius 3 is 2.14 bits per heavy atom. The van der Waals surface area contributed by atoms with E-state index in [0.717, 1.165) is 18.1 Å². The molecule has 3 N–H and O–H groups in total. The van der Waals surface area contributed by atoms with Crippen LogP contribution in [0.15, 0.2) is 58.7 Å². The van der Waals surface area contributed by atoms with Crippen molar-refractivity contribution in [1.29, 1.82) is 0 Å². The van der Waals surface area contributed by atoms with E-state index in [0.29, 0.717) is 5.57 Å². The molecule has 0 fully saturated rings. The Bertz CT molecular complexity index is 883. The van der Waals surface area contributed by atoms with E-state index in [-0.39, 0.29) is 5.41 Å². The molecule has 7 nitrogen and oxygen atoms in total. The first-order valence-corrected chi connectivity index (χ1v) is 12.0. The predicted molar refractivity (Wildman–Crippen MR) is 137 cm³/mol. The fourth-order valence-corrected chi connectivity index (χ4v) is 3.32. The SMILES string of the molecule is CC1=C(/C=C/C(C)=C/C=C/C(C)=C/C(=O)OC(=O)C(O)C(O)C(=O)O)C(C)(C)CCC1.CCCC. The average molecular weight is 491 g/mol. The highest BCUT2D eigenvalue weighted by Crippen LogP contribution is 2.40. The van der Waals surface area contributed by atoms with E-state index in [1.165, 1.54) is 36.8 Å². The van der Waals surface area contributed by atoms with Gasteiger partial charge in [-0.3, -0.25) is 0 Å². The smallest absolute Gasteiger partial charge is 0.346 e. The summed E-state index contributed by atoms with van der Waals surface area (Å²) in [6.45, 7) is 14.6. The number of rotatable bonds is 9. The van der Waals surface area contributed by atoms with Gasteiger partial charge >= 0.3 is 17.9 Å². The van der Waals surface area contributed by atoms with Crippen molar-refractivity contribution in [2.24, 2.45) is 5.41 Å². The number of carboxylic acid groups (broad SMARTS) is 1. The number of aliphatic carboxylic acids is 1. The van der Waals surface area contributed by atoms with Crippen LogP contribution in [0.3, 0.4) is 0 Å². The van der Waals surface area contributed by atoms with Crippen LogP contribution in [-0.4, -0.2) is 45.4 Å². The summed E-state index contributed by atoms with van der Waals surface area (Å²) in [7, 11) is 0. The van der Waals surface area contributed by atoms with Crippen LogP contribution in [0.25, 0.3) is 0 Å². The second kappa shape index (κ2) is 16.0. The standard InChI is InChI=1S/C24H32O7.C4H10/c1-15(11-12-18-17(3)10-7-13-24(18,4)5)8-6-9-16(2)14-19(25)31-23(30)21(27)20(26)22(28)29;1-3-4-2/h6,8-9,11-12,14,20-21,26-27H,7,10,13H2,1-5H3,(H,28,29);3-4H2,1-2H3/b9-6+,12-11+,15-8+,16-14+;. The zero-order chi connectivity index (χ0) is 27.2. The molecule has 1 aliphatic carbocycles. The first-order chi connectivity index (χ1) is 16.3. The Morgan fingerprint density at radius 2 is 1.63 bits per heavy atom. The summed E-state index contributed by atoms with van der Waals surface area (Å²) in [5, 5.41) is 27.0. The van der Waals surface area contributed by atoms with E-state index in [4.69, 9.17) is 10.2 Å². The number of carbonyl (C=O) groups excluding carboxylic acids is 2. The number of ether oxygens (including phenoxy) is 1. The maximum absolute atomic E-state index is 11.7. The highest BCUT2D eigenvalue weighted by atomic mass is 16.6. The van der Waals surface area contributed by atoms with Gasteiger partial charge in [0, 0.05) is 6.08 Å². The molecule has 0 heterocycles. The zero-order valence-corrected chi connectivity index (χ0v) is 22.1. The lowest BCUT2D eigenvalue weighted by atomic mass is 9.72. The number of unbranched alkanes of at least 4 members (excludes halogenated alkanes) is 1. The van der Waals surface area contributed by atoms with Gasteiger partial charge in [0.1, 0.15) is 0 Å². The van der Waals surface area contributed by atoms with Crippen molar-refractivity contribution in [3.05, 3.63) is 58.7 Å². The molecule has 0 aromatic heterocycles. The van der Waals surface area contributed by atoms with E-state index in [2.05, 4.69) is 51.5 Å². The Morgan fingerprint density at radius 1 is 1.03 bits per heavy atom. The minimum absolute atomic E-state index is 0.167. The van der Waals surface area contributed by atoms with Crippen LogP contribution in [0.2, 0.25) is 0 Å². The summed E-state index contributed by atoms with van der Waals surface area (Å²) in [6.07, 6.45) is 11.9. The van der Waals surface area contributed by atoms with Crippen molar-refractivity contribution in [3.8, 4) is 0 Å². The van der Waals surface area contributed by atoms with Gasteiger partial charge in [-0.15, -0.1) is 0 Å². The molecule has 0 bridgehead atoms. The topological polar surface area (TPSA) is 121 Å². The molecule has 0 aliphatic heterocycles. The molecule has 0 saturated heterocycles. The van der Waals surface area contributed by atoms with Crippen molar-refractivity contribution in [2.75, 3.05) is 0 Å². The van der Waals surface area contributed by atoms with Crippen LogP contribution in [0.4, 0.5) is 0 Å². The summed E-state index contributed by atoms with van der Waals surface area (Å²) >= 11 is 0. The van der Waals surface area contributed by atoms with Crippen LogP contribution >= 0.6 is 0 Å². The molecule has 1 rings (SSSR count). The molecule has 1 aliphatic rings. The van der Waals surface area contributed by atoms with Crippen molar-refractivity contribution < 1.29 is 34.4 Å². The molecule has 196 valence electrons. The number of hydrogen-bond acceptors (Lipinski definition) is 6. The van der Waals surface area contributed by atoms with E-state index in [1.54, 1.807) is 19.1 Å². The largest absolute Gasteiger partial charge is 0.479 e. The second-order valence-corrected chi connectivity index (χ2v) is 9.39. The fourth-order valence-electron chi connectivity index (χ4n) is 3.32. The van der Waals surface area contributed by atoms with Crippen LogP contribution in [-0.2, 0) is 19.1 Å². The number of aliphatic hydroxyl groups excluding tert-OH is 2. The Balaban J connectivity index is 0.00000267. The van der Waals surface area contributed by atoms with Crippen molar-refractivity contribution in [2.45, 2.75) is 92.8 Å². The molecule has 0 saturated carbocycles. The maximum atomic E-state index is 11.7. The average Bonchev–Trinajstić information content (AvgIpc) is 2.77. The normalized spacial score (nSPS) is 18.2. The molecule has 2 unspecified atom stereocenters. The number of allylic oxidation sites excluding steroid dienone is 9. The monoisotopic (exact) mass is 490 g/mol. The van der Waals surface area contributed by atoms with Crippen molar-refractivity contribution >= 4 is 17.9 Å². The first-order valence-electron chi connectivity index (χ1n) is 12.0. The summed E-state index contributed by atoms with van der Waals surface area (Å²) in [5.41, 5.74) is 4.46. The zero-order valence-electron chi connectivity index (χ0n) is 22.1. The molecule has 35 heavy (non-hydrogen) atoms. The van der Waals surface area contributed by atoms with Gasteiger partial charge in [-0.25, -0.2) is 14.4 Å². The van der Waals surface area contributed by atoms with Crippen molar-refractivity contribution in [1.82, 2.24) is 0 Å². The van der Waals surface area contributed by atoms with Gasteiger partial charge in [-0.05, 0) is 56.6 Å².